The lowest BCUT2D eigenvalue weighted by Gasteiger charge is -2.37. The number of alkyl halides is 2. The molecule has 1 fully saturated rings. The van der Waals surface area contributed by atoms with E-state index in [-0.39, 0.29) is 18.9 Å². The third-order valence-electron chi connectivity index (χ3n) is 6.91. The minimum atomic E-state index is -2.99. The molecule has 0 aliphatic carbocycles. The number of nitrogens with two attached hydrogens (primary N) is 1. The number of amides is 1. The molecule has 4 aromatic rings. The Kier molecular flexibility index (Phi) is 7.23. The molecule has 0 radical (unpaired) electrons. The molecule has 0 spiro atoms. The van der Waals surface area contributed by atoms with Gasteiger partial charge in [0.25, 0.3) is 11.8 Å². The first-order chi connectivity index (χ1) is 18.9. The highest BCUT2D eigenvalue weighted by Crippen LogP contribution is 2.30. The van der Waals surface area contributed by atoms with Crippen LogP contribution >= 0.6 is 0 Å². The van der Waals surface area contributed by atoms with Crippen LogP contribution in [0, 0.1) is 11.7 Å². The van der Waals surface area contributed by atoms with Crippen molar-refractivity contribution in [3.8, 4) is 11.4 Å². The van der Waals surface area contributed by atoms with E-state index >= 15 is 0 Å². The molecule has 1 aromatic carbocycles. The van der Waals surface area contributed by atoms with Crippen LogP contribution in [0.4, 0.5) is 14.6 Å². The number of aryl methyl sites for hydroxylation is 1. The molecule has 5 rings (SSSR count). The van der Waals surface area contributed by atoms with Gasteiger partial charge in [-0.2, -0.15) is 0 Å². The summed E-state index contributed by atoms with van der Waals surface area (Å²) in [4.78, 5) is 28.3. The molecule has 1 aliphatic rings. The molecule has 4 N–H and O–H groups in total. The van der Waals surface area contributed by atoms with Gasteiger partial charge in [-0.1, -0.05) is 12.1 Å². The van der Waals surface area contributed by atoms with Gasteiger partial charge < -0.3 is 16.0 Å². The maximum Gasteiger partial charge on any atom is 0.280 e. The van der Waals surface area contributed by atoms with E-state index in [1.807, 2.05) is 6.07 Å². The second-order valence-corrected chi connectivity index (χ2v) is 12.2. The Morgan fingerprint density at radius 1 is 1.18 bits per heavy atom. The van der Waals surface area contributed by atoms with Crippen molar-refractivity contribution in [2.75, 3.05) is 24.2 Å². The first kappa shape index (κ1) is 27.5. The van der Waals surface area contributed by atoms with Gasteiger partial charge in [0.1, 0.15) is 5.82 Å². The molecule has 4 heterocycles. The summed E-state index contributed by atoms with van der Waals surface area (Å²) >= 11 is 0. The van der Waals surface area contributed by atoms with Crippen LogP contribution in [0.15, 0.2) is 65.7 Å². The summed E-state index contributed by atoms with van der Waals surface area (Å²) in [5, 5.41) is 3.59. The van der Waals surface area contributed by atoms with Crippen molar-refractivity contribution in [1.82, 2.24) is 20.3 Å². The number of carbonyl (C=O) groups excluding carboxylic acids is 1. The van der Waals surface area contributed by atoms with Crippen LogP contribution in [0.3, 0.4) is 0 Å². The van der Waals surface area contributed by atoms with Gasteiger partial charge in [0.15, 0.2) is 0 Å². The van der Waals surface area contributed by atoms with Crippen molar-refractivity contribution in [1.29, 1.82) is 4.78 Å². The van der Waals surface area contributed by atoms with Gasteiger partial charge in [0.2, 0.25) is 0 Å². The highest BCUT2D eigenvalue weighted by atomic mass is 32.2. The highest BCUT2D eigenvalue weighted by molar-refractivity contribution is 7.91. The molecule has 0 saturated carbocycles. The standard InChI is InChI=1S/C28H29F2N7O2S/c1-17-6-7-18(12-24(17)40(2,32)39)27(38)34-15-20-13-23-19(14-33-20)8-9-22(35-23)21-4-3-5-26(36-21)37-11-10-25(31)28(29,30)16-37/h3-9,12-14,25,32H,10-11,15-16,31H2,1-2H3,(H,34,38). The number of aromatic nitrogens is 3. The summed E-state index contributed by atoms with van der Waals surface area (Å²) < 4.78 is 48.5. The zero-order valence-corrected chi connectivity index (χ0v) is 22.8. The predicted octanol–water partition coefficient (Wildman–Crippen LogP) is 4.14. The van der Waals surface area contributed by atoms with E-state index in [0.29, 0.717) is 51.0 Å². The van der Waals surface area contributed by atoms with Gasteiger partial charge in [0.05, 0.1) is 56.4 Å². The van der Waals surface area contributed by atoms with Gasteiger partial charge >= 0.3 is 0 Å². The number of halogens is 2. The number of anilines is 1. The Labute approximate surface area is 230 Å². The first-order valence-corrected chi connectivity index (χ1v) is 14.6. The van der Waals surface area contributed by atoms with Crippen molar-refractivity contribution >= 4 is 32.4 Å². The number of hydrogen-bond acceptors (Lipinski definition) is 8. The number of carbonyl (C=O) groups is 1. The van der Waals surface area contributed by atoms with Crippen LogP contribution < -0.4 is 16.0 Å². The van der Waals surface area contributed by atoms with E-state index in [9.17, 15) is 17.8 Å². The van der Waals surface area contributed by atoms with Crippen LogP contribution in [-0.2, 0) is 16.3 Å². The molecule has 3 aromatic heterocycles. The molecule has 2 atom stereocenters. The fourth-order valence-electron chi connectivity index (χ4n) is 4.63. The Balaban J connectivity index is 1.34. The van der Waals surface area contributed by atoms with E-state index in [1.165, 1.54) is 12.3 Å². The van der Waals surface area contributed by atoms with E-state index in [0.717, 1.165) is 5.39 Å². The number of piperidine rings is 1. The summed E-state index contributed by atoms with van der Waals surface area (Å²) in [6.45, 7) is 1.79. The topological polar surface area (TPSA) is 138 Å². The van der Waals surface area contributed by atoms with Crippen molar-refractivity contribution in [3.63, 3.8) is 0 Å². The van der Waals surface area contributed by atoms with Gasteiger partial charge in [0, 0.05) is 29.9 Å². The van der Waals surface area contributed by atoms with Gasteiger partial charge in [-0.15, -0.1) is 0 Å². The molecule has 9 nitrogen and oxygen atoms in total. The molecule has 208 valence electrons. The molecule has 0 bridgehead atoms. The first-order valence-electron chi connectivity index (χ1n) is 12.6. The summed E-state index contributed by atoms with van der Waals surface area (Å²) in [6, 6.07) is 14.3. The Hall–Kier alpha value is -4.03. The van der Waals surface area contributed by atoms with Crippen LogP contribution in [0.2, 0.25) is 0 Å². The summed E-state index contributed by atoms with van der Waals surface area (Å²) in [6.07, 6.45) is 3.16. The third-order valence-corrected chi connectivity index (χ3v) is 8.18. The summed E-state index contributed by atoms with van der Waals surface area (Å²) in [5.41, 5.74) is 8.90. The number of rotatable bonds is 6. The lowest BCUT2D eigenvalue weighted by Crippen LogP contribution is -2.55. The zero-order valence-electron chi connectivity index (χ0n) is 22.0. The monoisotopic (exact) mass is 565 g/mol. The minimum Gasteiger partial charge on any atom is -0.350 e. The average Bonchev–Trinajstić information content (AvgIpc) is 2.92. The number of nitrogens with one attached hydrogen (secondary N) is 2. The van der Waals surface area contributed by atoms with E-state index in [1.54, 1.807) is 60.5 Å². The quantitative estimate of drug-likeness (QED) is 0.319. The van der Waals surface area contributed by atoms with Crippen molar-refractivity contribution in [3.05, 3.63) is 77.6 Å². The molecule has 1 aliphatic heterocycles. The van der Waals surface area contributed by atoms with Gasteiger partial charge in [-0.05, 0) is 61.4 Å². The number of nitrogens with zero attached hydrogens (tertiary/aromatic N) is 4. The van der Waals surface area contributed by atoms with Crippen molar-refractivity contribution in [2.45, 2.75) is 36.7 Å². The molecule has 1 amide bonds. The van der Waals surface area contributed by atoms with E-state index in [4.69, 9.17) is 15.5 Å². The fraction of sp³-hybridized carbons (Fsp3) is 0.286. The number of pyridine rings is 3. The third kappa shape index (κ3) is 5.77. The van der Waals surface area contributed by atoms with Crippen LogP contribution in [0.1, 0.15) is 28.0 Å². The van der Waals surface area contributed by atoms with Crippen molar-refractivity contribution < 1.29 is 17.8 Å². The molecule has 1 saturated heterocycles. The number of fused-ring (bicyclic) bond motifs is 1. The maximum absolute atomic E-state index is 14.2. The average molecular weight is 566 g/mol. The van der Waals surface area contributed by atoms with Crippen LogP contribution in [0.5, 0.6) is 0 Å². The van der Waals surface area contributed by atoms with Gasteiger partial charge in [-0.3, -0.25) is 9.78 Å². The SMILES string of the molecule is Cc1ccc(C(=O)NCc2cc3nc(-c4cccc(N5CCC(N)C(F)(F)C5)n4)ccc3cn2)cc1S(C)(=N)=O. The predicted molar refractivity (Wildman–Crippen MR) is 150 cm³/mol. The minimum absolute atomic E-state index is 0.130. The van der Waals surface area contributed by atoms with E-state index in [2.05, 4.69) is 15.3 Å². The second-order valence-electron chi connectivity index (χ2n) is 10.0. The molecule has 40 heavy (non-hydrogen) atoms. The fourth-order valence-corrected chi connectivity index (χ4v) is 5.66. The molecule has 2 unspecified atom stereocenters. The molecular formula is C28H29F2N7O2S. The highest BCUT2D eigenvalue weighted by Gasteiger charge is 2.42. The van der Waals surface area contributed by atoms with Crippen LogP contribution in [-0.4, -0.2) is 56.4 Å². The number of hydrogen-bond donors (Lipinski definition) is 3. The van der Waals surface area contributed by atoms with Crippen LogP contribution in [0.25, 0.3) is 22.3 Å². The smallest absolute Gasteiger partial charge is 0.280 e. The Bertz CT molecular complexity index is 1710. The Morgan fingerprint density at radius 3 is 2.70 bits per heavy atom. The van der Waals surface area contributed by atoms with Crippen molar-refractivity contribution in [2.24, 2.45) is 5.73 Å². The second kappa shape index (κ2) is 10.5. The van der Waals surface area contributed by atoms with E-state index < -0.39 is 28.2 Å². The van der Waals surface area contributed by atoms with Gasteiger partial charge in [-0.25, -0.2) is 27.7 Å². The maximum atomic E-state index is 14.2. The summed E-state index contributed by atoms with van der Waals surface area (Å²) in [5.74, 6) is -2.93. The lowest BCUT2D eigenvalue weighted by molar-refractivity contribution is -0.0301. The largest absolute Gasteiger partial charge is 0.350 e. The summed E-state index contributed by atoms with van der Waals surface area (Å²) in [7, 11) is -2.97. The molecule has 12 heteroatoms. The normalized spacial score (nSPS) is 18.3. The number of benzene rings is 1. The Morgan fingerprint density at radius 2 is 1.95 bits per heavy atom. The zero-order chi connectivity index (χ0) is 28.7. The molecular weight excluding hydrogens is 536 g/mol. The lowest BCUT2D eigenvalue weighted by atomic mass is 10.0.